The first kappa shape index (κ1) is 17.4. The molecule has 2 aromatic rings. The van der Waals surface area contributed by atoms with Crippen LogP contribution in [0.2, 0.25) is 0 Å². The number of fused-ring (bicyclic) bond motifs is 5. The standard InChI is InChI=1S/C23H26N4O/c24-13-15-14-27-11-10-18-17-8-4-5-9-20(17)26-22(18)21(27)12-19(15)23(28)25-16-6-2-1-3-7-16/h4-5,8-9,14,16,19,21,26H,1-3,6-7,10-12H2,(H,25,28)/t19-,21+/m1/s1. The maximum atomic E-state index is 13.1. The molecule has 2 N–H and O–H groups in total. The number of amides is 1. The van der Waals surface area contributed by atoms with Crippen molar-refractivity contribution in [1.29, 1.82) is 5.26 Å². The maximum Gasteiger partial charge on any atom is 0.228 e. The predicted octanol–water partition coefficient (Wildman–Crippen LogP) is 3.94. The van der Waals surface area contributed by atoms with Gasteiger partial charge in [-0.05, 0) is 37.3 Å². The Bertz CT molecular complexity index is 976. The molecular formula is C23H26N4O. The van der Waals surface area contributed by atoms with Crippen LogP contribution in [-0.4, -0.2) is 28.4 Å². The number of carbonyl (C=O) groups is 1. The third kappa shape index (κ3) is 2.88. The van der Waals surface area contributed by atoms with Crippen molar-refractivity contribution < 1.29 is 4.79 Å². The molecule has 5 nitrogen and oxygen atoms in total. The van der Waals surface area contributed by atoms with Crippen LogP contribution in [0.3, 0.4) is 0 Å². The Morgan fingerprint density at radius 3 is 2.86 bits per heavy atom. The van der Waals surface area contributed by atoms with Crippen molar-refractivity contribution in [2.75, 3.05) is 6.54 Å². The summed E-state index contributed by atoms with van der Waals surface area (Å²) in [6.07, 6.45) is 9.32. The molecule has 3 aliphatic rings. The van der Waals surface area contributed by atoms with Gasteiger partial charge in [-0.2, -0.15) is 5.26 Å². The fraction of sp³-hybridized carbons (Fsp3) is 0.478. The predicted molar refractivity (Wildman–Crippen MR) is 108 cm³/mol. The van der Waals surface area contributed by atoms with Crippen LogP contribution >= 0.6 is 0 Å². The van der Waals surface area contributed by atoms with Gasteiger partial charge in [-0.25, -0.2) is 0 Å². The molecule has 1 amide bonds. The minimum absolute atomic E-state index is 0.0302. The van der Waals surface area contributed by atoms with E-state index in [-0.39, 0.29) is 23.9 Å². The maximum absolute atomic E-state index is 13.1. The van der Waals surface area contributed by atoms with E-state index in [2.05, 4.69) is 45.5 Å². The van der Waals surface area contributed by atoms with Gasteiger partial charge >= 0.3 is 0 Å². The van der Waals surface area contributed by atoms with Crippen molar-refractivity contribution in [3.8, 4) is 6.07 Å². The summed E-state index contributed by atoms with van der Waals surface area (Å²) in [7, 11) is 0. The zero-order valence-corrected chi connectivity index (χ0v) is 16.1. The number of rotatable bonds is 2. The first-order valence-corrected chi connectivity index (χ1v) is 10.5. The Morgan fingerprint density at radius 2 is 2.04 bits per heavy atom. The Hall–Kier alpha value is -2.74. The number of nitriles is 1. The molecule has 5 heteroatoms. The Balaban J connectivity index is 1.44. The molecule has 1 saturated carbocycles. The number of carbonyl (C=O) groups excluding carboxylic acids is 1. The van der Waals surface area contributed by atoms with Crippen LogP contribution in [0, 0.1) is 17.2 Å². The van der Waals surface area contributed by atoms with Gasteiger partial charge in [0.05, 0.1) is 23.6 Å². The molecule has 1 aliphatic carbocycles. The van der Waals surface area contributed by atoms with Crippen molar-refractivity contribution >= 4 is 16.8 Å². The molecule has 0 unspecified atom stereocenters. The van der Waals surface area contributed by atoms with Crippen molar-refractivity contribution in [3.05, 3.63) is 47.3 Å². The molecule has 28 heavy (non-hydrogen) atoms. The zero-order chi connectivity index (χ0) is 19.1. The molecule has 0 saturated heterocycles. The lowest BCUT2D eigenvalue weighted by molar-refractivity contribution is -0.125. The normalized spacial score (nSPS) is 24.8. The Morgan fingerprint density at radius 1 is 1.21 bits per heavy atom. The summed E-state index contributed by atoms with van der Waals surface area (Å²) in [5, 5.41) is 14.2. The number of hydrogen-bond donors (Lipinski definition) is 2. The van der Waals surface area contributed by atoms with Crippen molar-refractivity contribution in [2.45, 2.75) is 57.0 Å². The molecule has 1 aromatic heterocycles. The van der Waals surface area contributed by atoms with Crippen molar-refractivity contribution in [3.63, 3.8) is 0 Å². The molecule has 1 fully saturated rings. The number of aromatic nitrogens is 1. The summed E-state index contributed by atoms with van der Waals surface area (Å²) in [5.74, 6) is -0.326. The molecule has 0 radical (unpaired) electrons. The highest BCUT2D eigenvalue weighted by Crippen LogP contribution is 2.42. The van der Waals surface area contributed by atoms with E-state index in [1.165, 1.54) is 35.9 Å². The van der Waals surface area contributed by atoms with E-state index in [0.29, 0.717) is 12.0 Å². The van der Waals surface area contributed by atoms with Gasteiger partial charge in [0.25, 0.3) is 0 Å². The Labute approximate surface area is 165 Å². The minimum atomic E-state index is -0.356. The molecule has 0 spiro atoms. The van der Waals surface area contributed by atoms with Crippen LogP contribution < -0.4 is 5.32 Å². The lowest BCUT2D eigenvalue weighted by Crippen LogP contribution is -2.44. The minimum Gasteiger partial charge on any atom is -0.368 e. The summed E-state index contributed by atoms with van der Waals surface area (Å²) in [5.41, 5.74) is 4.35. The molecule has 5 rings (SSSR count). The number of benzene rings is 1. The average Bonchev–Trinajstić information content (AvgIpc) is 3.12. The van der Waals surface area contributed by atoms with E-state index >= 15 is 0 Å². The molecule has 1 aromatic carbocycles. The quantitative estimate of drug-likeness (QED) is 0.836. The van der Waals surface area contributed by atoms with Gasteiger partial charge in [0.15, 0.2) is 0 Å². The topological polar surface area (TPSA) is 71.9 Å². The van der Waals surface area contributed by atoms with Gasteiger partial charge in [0.2, 0.25) is 5.91 Å². The lowest BCUT2D eigenvalue weighted by atomic mass is 9.83. The third-order valence-corrected chi connectivity index (χ3v) is 6.74. The Kier molecular flexibility index (Phi) is 4.35. The number of H-pyrrole nitrogens is 1. The van der Waals surface area contributed by atoms with E-state index in [1.807, 2.05) is 6.20 Å². The zero-order valence-electron chi connectivity index (χ0n) is 16.1. The van der Waals surface area contributed by atoms with Crippen LogP contribution in [0.4, 0.5) is 0 Å². The summed E-state index contributed by atoms with van der Waals surface area (Å²) < 4.78 is 0. The summed E-state index contributed by atoms with van der Waals surface area (Å²) in [6.45, 7) is 0.891. The lowest BCUT2D eigenvalue weighted by Gasteiger charge is -2.40. The van der Waals surface area contributed by atoms with Gasteiger partial charge < -0.3 is 15.2 Å². The number of aromatic amines is 1. The van der Waals surface area contributed by atoms with Crippen LogP contribution in [0.5, 0.6) is 0 Å². The average molecular weight is 374 g/mol. The molecule has 144 valence electrons. The molecule has 0 bridgehead atoms. The number of nitrogens with one attached hydrogen (secondary N) is 2. The van der Waals surface area contributed by atoms with Gasteiger partial charge in [-0.1, -0.05) is 37.5 Å². The summed E-state index contributed by atoms with van der Waals surface area (Å²) in [4.78, 5) is 18.9. The van der Waals surface area contributed by atoms with E-state index in [0.717, 1.165) is 31.3 Å². The van der Waals surface area contributed by atoms with E-state index in [1.54, 1.807) is 0 Å². The number of hydrogen-bond acceptors (Lipinski definition) is 3. The van der Waals surface area contributed by atoms with Gasteiger partial charge in [-0.15, -0.1) is 0 Å². The van der Waals surface area contributed by atoms with Crippen LogP contribution in [0.1, 0.15) is 55.8 Å². The first-order valence-electron chi connectivity index (χ1n) is 10.5. The molecule has 3 heterocycles. The molecule has 2 atom stereocenters. The third-order valence-electron chi connectivity index (χ3n) is 6.74. The van der Waals surface area contributed by atoms with Crippen LogP contribution in [0.15, 0.2) is 36.0 Å². The molecular weight excluding hydrogens is 348 g/mol. The smallest absolute Gasteiger partial charge is 0.228 e. The second-order valence-corrected chi connectivity index (χ2v) is 8.39. The fourth-order valence-electron chi connectivity index (χ4n) is 5.27. The highest BCUT2D eigenvalue weighted by atomic mass is 16.2. The number of para-hydroxylation sites is 1. The van der Waals surface area contributed by atoms with Gasteiger partial charge in [-0.3, -0.25) is 4.79 Å². The summed E-state index contributed by atoms with van der Waals surface area (Å²) >= 11 is 0. The van der Waals surface area contributed by atoms with Crippen LogP contribution in [0.25, 0.3) is 10.9 Å². The number of nitrogens with zero attached hydrogens (tertiary/aromatic N) is 2. The second kappa shape index (κ2) is 7.01. The van der Waals surface area contributed by atoms with Crippen molar-refractivity contribution in [1.82, 2.24) is 15.2 Å². The largest absolute Gasteiger partial charge is 0.368 e. The summed E-state index contributed by atoms with van der Waals surface area (Å²) in [6, 6.07) is 11.1. The van der Waals surface area contributed by atoms with E-state index in [9.17, 15) is 10.1 Å². The fourth-order valence-corrected chi connectivity index (χ4v) is 5.27. The SMILES string of the molecule is N#CC1=CN2CCc3c([nH]c4ccccc34)[C@@H]2C[C@H]1C(=O)NC1CCCCC1. The highest BCUT2D eigenvalue weighted by molar-refractivity contribution is 5.86. The van der Waals surface area contributed by atoms with E-state index in [4.69, 9.17) is 0 Å². The van der Waals surface area contributed by atoms with E-state index < -0.39 is 0 Å². The monoisotopic (exact) mass is 374 g/mol. The van der Waals surface area contributed by atoms with Gasteiger partial charge in [0, 0.05) is 35.4 Å². The van der Waals surface area contributed by atoms with Crippen molar-refractivity contribution in [2.24, 2.45) is 5.92 Å². The first-order chi connectivity index (χ1) is 13.7. The van der Waals surface area contributed by atoms with Crippen LogP contribution in [-0.2, 0) is 11.2 Å². The van der Waals surface area contributed by atoms with Gasteiger partial charge in [0.1, 0.15) is 0 Å². The molecule has 2 aliphatic heterocycles. The highest BCUT2D eigenvalue weighted by Gasteiger charge is 2.39. The second-order valence-electron chi connectivity index (χ2n) is 8.39.